The molecule has 3 aliphatic rings. The minimum absolute atomic E-state index is 0. The average molecular weight is 378 g/mol. The van der Waals surface area contributed by atoms with E-state index in [1.807, 2.05) is 0 Å². The number of fused-ring (bicyclic) bond motifs is 5. The molecule has 27 heavy (non-hydrogen) atoms. The van der Waals surface area contributed by atoms with Gasteiger partial charge in [0.1, 0.15) is 0 Å². The van der Waals surface area contributed by atoms with Crippen molar-refractivity contribution in [3.05, 3.63) is 119 Å². The Kier molecular flexibility index (Phi) is 3.93. The molecule has 0 spiro atoms. The largest absolute Gasteiger partial charge is 0.0729 e. The fourth-order valence-electron chi connectivity index (χ4n) is 5.05. The summed E-state index contributed by atoms with van der Waals surface area (Å²) in [5.74, 6) is 0.712. The second-order valence-electron chi connectivity index (χ2n) is 7.29. The van der Waals surface area contributed by atoms with Crippen molar-refractivity contribution in [2.24, 2.45) is 5.92 Å². The monoisotopic (exact) mass is 378 g/mol. The third-order valence-electron chi connectivity index (χ3n) is 6.05. The van der Waals surface area contributed by atoms with E-state index in [-0.39, 0.29) is 21.7 Å². The van der Waals surface area contributed by atoms with Crippen LogP contribution in [0.15, 0.2) is 97.1 Å². The predicted octanol–water partition coefficient (Wildman–Crippen LogP) is 4.55. The predicted molar refractivity (Wildman–Crippen MR) is 108 cm³/mol. The quantitative estimate of drug-likeness (QED) is 0.545. The normalized spacial score (nSPS) is 18.6. The molecule has 0 nitrogen and oxygen atoms in total. The Morgan fingerprint density at radius 2 is 1.19 bits per heavy atom. The molecule has 0 fully saturated rings. The van der Waals surface area contributed by atoms with Gasteiger partial charge in [0.05, 0.1) is 0 Å². The van der Waals surface area contributed by atoms with E-state index in [1.54, 1.807) is 0 Å². The van der Waals surface area contributed by atoms with Crippen molar-refractivity contribution >= 4 is 11.1 Å². The molecule has 6 rings (SSSR count). The molecular weight excluding hydrogens is 360 g/mol. The minimum Gasteiger partial charge on any atom is -0.0729 e. The standard InChI is InChI=1S/C26H18.Ti/c1-5-13-21-17(9-1)18-10-2-6-14-22(18)25(21)26-23-15-7-3-11-19(23)20-12-4-8-16-24(20)26;/h1-16,21,26H;. The fraction of sp³-hybridized carbons (Fsp3) is 0.0769. The van der Waals surface area contributed by atoms with Crippen molar-refractivity contribution in [2.75, 3.05) is 0 Å². The van der Waals surface area contributed by atoms with Crippen LogP contribution < -0.4 is 10.4 Å². The van der Waals surface area contributed by atoms with Crippen molar-refractivity contribution in [3.8, 4) is 11.1 Å². The van der Waals surface area contributed by atoms with Crippen molar-refractivity contribution in [3.63, 3.8) is 0 Å². The number of hydrogen-bond donors (Lipinski definition) is 0. The summed E-state index contributed by atoms with van der Waals surface area (Å²) in [7, 11) is 0. The smallest absolute Gasteiger partial charge is 0.0329 e. The van der Waals surface area contributed by atoms with E-state index in [0.717, 1.165) is 0 Å². The molecule has 0 aromatic heterocycles. The maximum Gasteiger partial charge on any atom is 0.0329 e. The van der Waals surface area contributed by atoms with Crippen LogP contribution in [0.25, 0.3) is 22.3 Å². The summed E-state index contributed by atoms with van der Waals surface area (Å²) in [6.45, 7) is 0. The van der Waals surface area contributed by atoms with Crippen molar-refractivity contribution in [2.45, 2.75) is 5.92 Å². The van der Waals surface area contributed by atoms with Gasteiger partial charge in [-0.25, -0.2) is 0 Å². The van der Waals surface area contributed by atoms with Crippen LogP contribution in [0.1, 0.15) is 17.0 Å². The van der Waals surface area contributed by atoms with Gasteiger partial charge in [-0.15, -0.1) is 0 Å². The number of hydrogen-bond acceptors (Lipinski definition) is 0. The molecule has 0 aliphatic heterocycles. The maximum atomic E-state index is 2.37. The SMILES string of the molecule is C1=CC2=c3ccccc3=C(C3c4ccccc4-c4ccccc43)C2C=C1.[Ti]. The molecule has 0 radical (unpaired) electrons. The van der Waals surface area contributed by atoms with Gasteiger partial charge >= 0.3 is 0 Å². The minimum atomic E-state index is 0. The van der Waals surface area contributed by atoms with E-state index in [1.165, 1.54) is 43.8 Å². The summed E-state index contributed by atoms with van der Waals surface area (Å²) in [5.41, 5.74) is 8.66. The van der Waals surface area contributed by atoms with Crippen LogP contribution in [0, 0.1) is 5.92 Å². The average Bonchev–Trinajstić information content (AvgIpc) is 3.21. The van der Waals surface area contributed by atoms with Gasteiger partial charge in [-0.2, -0.15) is 0 Å². The first kappa shape index (κ1) is 16.7. The Hall–Kier alpha value is -2.41. The molecule has 1 atom stereocenters. The van der Waals surface area contributed by atoms with Gasteiger partial charge in [-0.3, -0.25) is 0 Å². The third kappa shape index (κ3) is 2.27. The van der Waals surface area contributed by atoms with Crippen molar-refractivity contribution < 1.29 is 21.7 Å². The maximum absolute atomic E-state index is 2.37. The molecule has 0 heterocycles. The van der Waals surface area contributed by atoms with Gasteiger partial charge in [0.2, 0.25) is 0 Å². The summed E-state index contributed by atoms with van der Waals surface area (Å²) >= 11 is 0. The zero-order valence-corrected chi connectivity index (χ0v) is 16.5. The molecule has 0 saturated heterocycles. The van der Waals surface area contributed by atoms with E-state index in [0.29, 0.717) is 11.8 Å². The number of allylic oxidation sites excluding steroid dienone is 4. The first-order valence-corrected chi connectivity index (χ1v) is 9.30. The van der Waals surface area contributed by atoms with Crippen LogP contribution in [0.2, 0.25) is 0 Å². The van der Waals surface area contributed by atoms with Gasteiger partial charge < -0.3 is 0 Å². The van der Waals surface area contributed by atoms with Crippen LogP contribution in [0.4, 0.5) is 0 Å². The van der Waals surface area contributed by atoms with Crippen molar-refractivity contribution in [1.29, 1.82) is 0 Å². The molecular formula is C26H18Ti. The molecule has 3 aromatic carbocycles. The molecule has 1 heteroatoms. The summed E-state index contributed by atoms with van der Waals surface area (Å²) in [6, 6.07) is 26.8. The van der Waals surface area contributed by atoms with Gasteiger partial charge in [0.15, 0.2) is 0 Å². The number of rotatable bonds is 1. The third-order valence-corrected chi connectivity index (χ3v) is 6.05. The fourth-order valence-corrected chi connectivity index (χ4v) is 5.05. The summed E-state index contributed by atoms with van der Waals surface area (Å²) < 4.78 is 0. The van der Waals surface area contributed by atoms with Crippen LogP contribution >= 0.6 is 0 Å². The molecule has 0 amide bonds. The Morgan fingerprint density at radius 1 is 0.593 bits per heavy atom. The topological polar surface area (TPSA) is 0 Å². The van der Waals surface area contributed by atoms with Gasteiger partial charge in [-0.1, -0.05) is 97.1 Å². The van der Waals surface area contributed by atoms with Crippen LogP contribution in [0.5, 0.6) is 0 Å². The van der Waals surface area contributed by atoms with E-state index in [9.17, 15) is 0 Å². The molecule has 126 valence electrons. The second kappa shape index (κ2) is 6.34. The molecule has 3 aromatic rings. The van der Waals surface area contributed by atoms with E-state index >= 15 is 0 Å². The van der Waals surface area contributed by atoms with Crippen LogP contribution in [0.3, 0.4) is 0 Å². The second-order valence-corrected chi connectivity index (χ2v) is 7.29. The zero-order chi connectivity index (χ0) is 17.1. The van der Waals surface area contributed by atoms with E-state index < -0.39 is 0 Å². The van der Waals surface area contributed by atoms with E-state index in [4.69, 9.17) is 0 Å². The first-order valence-electron chi connectivity index (χ1n) is 9.30. The van der Waals surface area contributed by atoms with Gasteiger partial charge in [0, 0.05) is 33.6 Å². The first-order chi connectivity index (χ1) is 12.9. The molecule has 0 bridgehead atoms. The Morgan fingerprint density at radius 3 is 1.89 bits per heavy atom. The Bertz CT molecular complexity index is 1200. The van der Waals surface area contributed by atoms with Crippen molar-refractivity contribution in [1.82, 2.24) is 0 Å². The number of benzene rings is 3. The van der Waals surface area contributed by atoms with Gasteiger partial charge in [0.25, 0.3) is 0 Å². The Labute approximate surface area is 174 Å². The summed E-state index contributed by atoms with van der Waals surface area (Å²) in [5, 5.41) is 2.81. The molecule has 0 N–H and O–H groups in total. The zero-order valence-electron chi connectivity index (χ0n) is 14.9. The van der Waals surface area contributed by atoms with Crippen LogP contribution in [-0.4, -0.2) is 0 Å². The molecule has 1 unspecified atom stereocenters. The van der Waals surface area contributed by atoms with Gasteiger partial charge in [-0.05, 0) is 43.8 Å². The Balaban J connectivity index is 0.00000160. The molecule has 0 saturated carbocycles. The summed E-state index contributed by atoms with van der Waals surface area (Å²) in [6.07, 6.45) is 9.03. The summed E-state index contributed by atoms with van der Waals surface area (Å²) in [4.78, 5) is 0. The van der Waals surface area contributed by atoms with E-state index in [2.05, 4.69) is 97.1 Å². The van der Waals surface area contributed by atoms with Crippen LogP contribution in [-0.2, 0) is 21.7 Å². The molecule has 3 aliphatic carbocycles.